The SMILES string of the molecule is C=C(OS(=O)(=O)C(F)(F)F)C(COC1CCCCO1)CC(C)C.CC(=O)C(COC1CCCCO1)CC(C)C. The molecule has 0 aromatic rings. The van der Waals surface area contributed by atoms with Gasteiger partial charge in [-0.2, -0.15) is 21.6 Å². The lowest BCUT2D eigenvalue weighted by Crippen LogP contribution is -2.29. The zero-order valence-electron chi connectivity index (χ0n) is 24.0. The van der Waals surface area contributed by atoms with Gasteiger partial charge in [0.1, 0.15) is 11.5 Å². The molecule has 230 valence electrons. The Bertz CT molecular complexity index is 817. The van der Waals surface area contributed by atoms with Crippen molar-refractivity contribution in [2.24, 2.45) is 23.7 Å². The van der Waals surface area contributed by atoms with E-state index in [1.54, 1.807) is 6.92 Å². The minimum Gasteiger partial charge on any atom is -0.381 e. The largest absolute Gasteiger partial charge is 0.534 e. The number of ketones is 1. The molecule has 2 fully saturated rings. The van der Waals surface area contributed by atoms with E-state index in [4.69, 9.17) is 18.9 Å². The fraction of sp³-hybridized carbons (Fsp3) is 0.889. The quantitative estimate of drug-likeness (QED) is 0.132. The van der Waals surface area contributed by atoms with Gasteiger partial charge in [0.2, 0.25) is 0 Å². The highest BCUT2D eigenvalue weighted by atomic mass is 32.2. The van der Waals surface area contributed by atoms with Crippen molar-refractivity contribution in [3.8, 4) is 0 Å². The molecule has 12 heteroatoms. The molecule has 8 nitrogen and oxygen atoms in total. The summed E-state index contributed by atoms with van der Waals surface area (Å²) in [6, 6.07) is 0. The third-order valence-electron chi connectivity index (χ3n) is 6.28. The van der Waals surface area contributed by atoms with Gasteiger partial charge in [-0.3, -0.25) is 4.79 Å². The molecule has 0 bridgehead atoms. The second kappa shape index (κ2) is 17.6. The molecule has 39 heavy (non-hydrogen) atoms. The Hall–Kier alpha value is -1.21. The molecular formula is C27H47F3O8S. The second-order valence-corrected chi connectivity index (χ2v) is 12.5. The van der Waals surface area contributed by atoms with Gasteiger partial charge in [0, 0.05) is 25.0 Å². The Morgan fingerprint density at radius 3 is 1.67 bits per heavy atom. The maximum atomic E-state index is 12.4. The van der Waals surface area contributed by atoms with E-state index in [0.717, 1.165) is 38.7 Å². The van der Waals surface area contributed by atoms with Crippen molar-refractivity contribution in [2.45, 2.75) is 104 Å². The number of alkyl halides is 3. The zero-order valence-corrected chi connectivity index (χ0v) is 24.8. The lowest BCUT2D eigenvalue weighted by molar-refractivity contribution is -0.171. The number of ether oxygens (including phenoxy) is 4. The Kier molecular flexibility index (Phi) is 16.1. The predicted molar refractivity (Wildman–Crippen MR) is 141 cm³/mol. The van der Waals surface area contributed by atoms with E-state index in [-0.39, 0.29) is 30.5 Å². The topological polar surface area (TPSA) is 97.4 Å². The molecule has 0 aromatic heterocycles. The third kappa shape index (κ3) is 14.8. The van der Waals surface area contributed by atoms with Crippen molar-refractivity contribution >= 4 is 15.9 Å². The summed E-state index contributed by atoms with van der Waals surface area (Å²) >= 11 is 0. The van der Waals surface area contributed by atoms with E-state index in [0.29, 0.717) is 32.0 Å². The molecule has 2 rings (SSSR count). The van der Waals surface area contributed by atoms with Gasteiger partial charge in [0.15, 0.2) is 12.6 Å². The first-order valence-electron chi connectivity index (χ1n) is 13.8. The summed E-state index contributed by atoms with van der Waals surface area (Å²) < 4.78 is 85.5. The molecule has 4 atom stereocenters. The van der Waals surface area contributed by atoms with Crippen LogP contribution in [0, 0.1) is 23.7 Å². The number of rotatable bonds is 14. The molecule has 2 heterocycles. The summed E-state index contributed by atoms with van der Waals surface area (Å²) in [7, 11) is -5.71. The van der Waals surface area contributed by atoms with Crippen LogP contribution >= 0.6 is 0 Å². The Morgan fingerprint density at radius 1 is 0.872 bits per heavy atom. The van der Waals surface area contributed by atoms with Gasteiger partial charge < -0.3 is 23.1 Å². The molecular weight excluding hydrogens is 541 g/mol. The average Bonchev–Trinajstić information content (AvgIpc) is 2.84. The molecule has 2 aliphatic heterocycles. The molecule has 0 amide bonds. The summed E-state index contributed by atoms with van der Waals surface area (Å²) in [6.45, 7) is 14.8. The molecule has 0 saturated carbocycles. The van der Waals surface area contributed by atoms with Crippen LogP contribution in [0.2, 0.25) is 0 Å². The molecule has 0 radical (unpaired) electrons. The lowest BCUT2D eigenvalue weighted by atomic mass is 9.95. The smallest absolute Gasteiger partial charge is 0.381 e. The van der Waals surface area contributed by atoms with Crippen LogP contribution in [0.25, 0.3) is 0 Å². The van der Waals surface area contributed by atoms with Crippen molar-refractivity contribution < 1.29 is 49.5 Å². The van der Waals surface area contributed by atoms with Crippen LogP contribution < -0.4 is 0 Å². The first-order chi connectivity index (χ1) is 18.1. The second-order valence-electron chi connectivity index (χ2n) is 11.0. The maximum absolute atomic E-state index is 12.4. The molecule has 2 aliphatic rings. The van der Waals surface area contributed by atoms with Gasteiger partial charge in [-0.15, -0.1) is 0 Å². The first-order valence-corrected chi connectivity index (χ1v) is 15.2. The Balaban J connectivity index is 0.000000416. The minimum atomic E-state index is -5.71. The van der Waals surface area contributed by atoms with E-state index in [1.165, 1.54) is 6.42 Å². The fourth-order valence-electron chi connectivity index (χ4n) is 4.17. The molecule has 0 aromatic carbocycles. The zero-order chi connectivity index (χ0) is 29.6. The van der Waals surface area contributed by atoms with Crippen LogP contribution in [0.5, 0.6) is 0 Å². The normalized spacial score (nSPS) is 22.1. The van der Waals surface area contributed by atoms with E-state index in [2.05, 4.69) is 24.6 Å². The summed E-state index contributed by atoms with van der Waals surface area (Å²) in [6.07, 6.45) is 6.62. The summed E-state index contributed by atoms with van der Waals surface area (Å²) in [5.41, 5.74) is -5.48. The van der Waals surface area contributed by atoms with Crippen LogP contribution in [0.3, 0.4) is 0 Å². The number of halogens is 3. The molecule has 2 saturated heterocycles. The van der Waals surface area contributed by atoms with Gasteiger partial charge in [0.05, 0.1) is 13.2 Å². The van der Waals surface area contributed by atoms with Gasteiger partial charge in [-0.25, -0.2) is 0 Å². The highest BCUT2D eigenvalue weighted by Crippen LogP contribution is 2.30. The van der Waals surface area contributed by atoms with Crippen molar-refractivity contribution in [2.75, 3.05) is 26.4 Å². The van der Waals surface area contributed by atoms with Gasteiger partial charge in [0.25, 0.3) is 0 Å². The van der Waals surface area contributed by atoms with Crippen LogP contribution in [-0.2, 0) is 38.0 Å². The maximum Gasteiger partial charge on any atom is 0.534 e. The van der Waals surface area contributed by atoms with E-state index in [1.807, 2.05) is 13.8 Å². The number of hydrogen-bond acceptors (Lipinski definition) is 8. The van der Waals surface area contributed by atoms with Crippen LogP contribution in [-0.4, -0.2) is 58.7 Å². The van der Waals surface area contributed by atoms with Crippen molar-refractivity contribution in [3.05, 3.63) is 12.3 Å². The van der Waals surface area contributed by atoms with Gasteiger partial charge >= 0.3 is 15.6 Å². The van der Waals surface area contributed by atoms with E-state index >= 15 is 0 Å². The van der Waals surface area contributed by atoms with E-state index in [9.17, 15) is 26.4 Å². The number of carbonyl (C=O) groups excluding carboxylic acids is 1. The summed E-state index contributed by atoms with van der Waals surface area (Å²) in [4.78, 5) is 11.4. The third-order valence-corrected chi connectivity index (χ3v) is 7.29. The predicted octanol–water partition coefficient (Wildman–Crippen LogP) is 6.35. The van der Waals surface area contributed by atoms with Crippen LogP contribution in [0.4, 0.5) is 13.2 Å². The Labute approximate surface area is 232 Å². The van der Waals surface area contributed by atoms with Gasteiger partial charge in [-0.05, 0) is 70.1 Å². The molecule has 0 N–H and O–H groups in total. The molecule has 4 unspecified atom stereocenters. The highest BCUT2D eigenvalue weighted by molar-refractivity contribution is 7.87. The van der Waals surface area contributed by atoms with Crippen molar-refractivity contribution in [1.29, 1.82) is 0 Å². The van der Waals surface area contributed by atoms with Crippen molar-refractivity contribution in [3.63, 3.8) is 0 Å². The van der Waals surface area contributed by atoms with Crippen molar-refractivity contribution in [1.82, 2.24) is 0 Å². The monoisotopic (exact) mass is 588 g/mol. The first kappa shape index (κ1) is 35.8. The van der Waals surface area contributed by atoms with E-state index < -0.39 is 33.6 Å². The van der Waals surface area contributed by atoms with Crippen LogP contribution in [0.1, 0.15) is 86.0 Å². The summed E-state index contributed by atoms with van der Waals surface area (Å²) in [5, 5.41) is 0. The number of hydrogen-bond donors (Lipinski definition) is 0. The minimum absolute atomic E-state index is 0.00490. The standard InChI is InChI=1S/C14H23F3O5S.C13H24O3/c1-10(2)8-12(9-21-13-6-4-5-7-20-13)11(3)22-23(18,19)14(15,16)17;1-10(2)8-12(11(3)14)9-16-13-6-4-5-7-15-13/h10,12-13H,3-9H2,1-2H3;10,12-13H,4-9H2,1-3H3. The lowest BCUT2D eigenvalue weighted by Gasteiger charge is -2.27. The highest BCUT2D eigenvalue weighted by Gasteiger charge is 2.49. The number of carbonyl (C=O) groups is 1. The fourth-order valence-corrected chi connectivity index (χ4v) is 4.68. The van der Waals surface area contributed by atoms with Crippen LogP contribution in [0.15, 0.2) is 12.3 Å². The molecule has 0 spiro atoms. The number of Topliss-reactive ketones (excluding diaryl/α,β-unsaturated/α-hetero) is 1. The Morgan fingerprint density at radius 2 is 1.31 bits per heavy atom. The van der Waals surface area contributed by atoms with Gasteiger partial charge in [-0.1, -0.05) is 34.3 Å². The average molecular weight is 589 g/mol. The summed E-state index contributed by atoms with van der Waals surface area (Å²) in [5.74, 6) is -0.242. The molecule has 0 aliphatic carbocycles.